The Balaban J connectivity index is 1.63. The number of piperidine rings is 1. The van der Waals surface area contributed by atoms with Crippen LogP contribution in [-0.4, -0.2) is 52.4 Å². The number of nitrogens with one attached hydrogen (secondary N) is 2. The number of aromatic nitrogens is 2. The fourth-order valence-electron chi connectivity index (χ4n) is 3.50. The molecule has 1 aliphatic heterocycles. The number of primary amides is 1. The van der Waals surface area contributed by atoms with Crippen molar-refractivity contribution in [2.75, 3.05) is 19.6 Å². The first-order valence-electron chi connectivity index (χ1n) is 9.05. The summed E-state index contributed by atoms with van der Waals surface area (Å²) in [5, 5.41) is 3.05. The molecule has 0 unspecified atom stereocenters. The fourth-order valence-corrected chi connectivity index (χ4v) is 3.50. The van der Waals surface area contributed by atoms with Gasteiger partial charge >= 0.3 is 0 Å². The zero-order chi connectivity index (χ0) is 18.9. The number of fused-ring (bicyclic) bond motifs is 1. The Morgan fingerprint density at radius 1 is 1.31 bits per heavy atom. The second kappa shape index (κ2) is 7.07. The van der Waals surface area contributed by atoms with E-state index in [0.717, 1.165) is 32.5 Å². The van der Waals surface area contributed by atoms with Gasteiger partial charge in [-0.2, -0.15) is 0 Å². The second-order valence-corrected chi connectivity index (χ2v) is 8.24. The summed E-state index contributed by atoms with van der Waals surface area (Å²) in [5.74, 6) is -0.586. The number of rotatable bonds is 4. The quantitative estimate of drug-likeness (QED) is 0.777. The van der Waals surface area contributed by atoms with Crippen molar-refractivity contribution >= 4 is 22.8 Å². The molecule has 0 radical (unpaired) electrons. The molecule has 7 nitrogen and oxygen atoms in total. The van der Waals surface area contributed by atoms with Crippen LogP contribution in [-0.2, 0) is 0 Å². The third-order valence-electron chi connectivity index (χ3n) is 4.61. The molecule has 1 saturated heterocycles. The Bertz CT molecular complexity index is 813. The highest BCUT2D eigenvalue weighted by Crippen LogP contribution is 2.20. The van der Waals surface area contributed by atoms with Crippen molar-refractivity contribution in [1.82, 2.24) is 20.2 Å². The van der Waals surface area contributed by atoms with Crippen LogP contribution >= 0.6 is 0 Å². The molecule has 1 fully saturated rings. The second-order valence-electron chi connectivity index (χ2n) is 8.24. The highest BCUT2D eigenvalue weighted by molar-refractivity contribution is 6.05. The van der Waals surface area contributed by atoms with Crippen molar-refractivity contribution in [1.29, 1.82) is 0 Å². The lowest BCUT2D eigenvalue weighted by Crippen LogP contribution is -2.46. The molecule has 1 aromatic heterocycles. The maximum atomic E-state index is 12.5. The molecule has 2 aromatic rings. The summed E-state index contributed by atoms with van der Waals surface area (Å²) in [6.45, 7) is 9.74. The summed E-state index contributed by atoms with van der Waals surface area (Å²) in [5.41, 5.74) is 7.03. The van der Waals surface area contributed by atoms with Crippen molar-refractivity contribution in [2.24, 2.45) is 11.1 Å². The number of carbonyl (C=O) groups is 2. The van der Waals surface area contributed by atoms with Gasteiger partial charge in [0, 0.05) is 25.7 Å². The van der Waals surface area contributed by atoms with Crippen LogP contribution in [0.4, 0.5) is 0 Å². The molecule has 3 rings (SSSR count). The predicted molar refractivity (Wildman–Crippen MR) is 101 cm³/mol. The van der Waals surface area contributed by atoms with Crippen molar-refractivity contribution in [3.63, 3.8) is 0 Å². The fraction of sp³-hybridized carbons (Fsp3) is 0.526. The van der Waals surface area contributed by atoms with Crippen LogP contribution in [0.15, 0.2) is 18.2 Å². The molecule has 26 heavy (non-hydrogen) atoms. The molecule has 2 heterocycles. The summed E-state index contributed by atoms with van der Waals surface area (Å²) in [4.78, 5) is 33.8. The van der Waals surface area contributed by atoms with Gasteiger partial charge in [-0.05, 0) is 30.4 Å². The van der Waals surface area contributed by atoms with E-state index >= 15 is 0 Å². The molecule has 0 aliphatic carbocycles. The van der Waals surface area contributed by atoms with Crippen molar-refractivity contribution in [2.45, 2.75) is 39.7 Å². The number of aromatic amines is 1. The Hall–Kier alpha value is -2.41. The van der Waals surface area contributed by atoms with Gasteiger partial charge in [0.05, 0.1) is 11.1 Å². The molecule has 7 heteroatoms. The number of nitrogens with two attached hydrogens (primary N) is 1. The number of para-hydroxylation sites is 1. The number of hydrogen-bond acceptors (Lipinski definition) is 4. The molecular weight excluding hydrogens is 330 g/mol. The monoisotopic (exact) mass is 357 g/mol. The Kier molecular flexibility index (Phi) is 5.00. The van der Waals surface area contributed by atoms with Crippen molar-refractivity contribution in [3.05, 3.63) is 29.6 Å². The van der Waals surface area contributed by atoms with Gasteiger partial charge in [-0.15, -0.1) is 0 Å². The van der Waals surface area contributed by atoms with Gasteiger partial charge in [0.25, 0.3) is 11.8 Å². The van der Waals surface area contributed by atoms with Gasteiger partial charge in [0.2, 0.25) is 0 Å². The lowest BCUT2D eigenvalue weighted by Gasteiger charge is -2.36. The first-order valence-corrected chi connectivity index (χ1v) is 9.05. The average molecular weight is 357 g/mol. The maximum Gasteiger partial charge on any atom is 0.287 e. The van der Waals surface area contributed by atoms with Crippen LogP contribution in [0, 0.1) is 5.41 Å². The van der Waals surface area contributed by atoms with Crippen LogP contribution in [0.2, 0.25) is 0 Å². The summed E-state index contributed by atoms with van der Waals surface area (Å²) in [7, 11) is 0. The van der Waals surface area contributed by atoms with E-state index < -0.39 is 5.91 Å². The van der Waals surface area contributed by atoms with Gasteiger partial charge < -0.3 is 20.9 Å². The molecule has 140 valence electrons. The minimum Gasteiger partial charge on any atom is -0.366 e. The smallest absolute Gasteiger partial charge is 0.287 e. The number of carbonyl (C=O) groups excluding carboxylic acids is 2. The van der Waals surface area contributed by atoms with Gasteiger partial charge in [-0.25, -0.2) is 4.98 Å². The minimum absolute atomic E-state index is 0.141. The summed E-state index contributed by atoms with van der Waals surface area (Å²) in [6, 6.07) is 5.24. The number of hydrogen-bond donors (Lipinski definition) is 3. The van der Waals surface area contributed by atoms with E-state index in [1.165, 1.54) is 0 Å². The van der Waals surface area contributed by atoms with Gasteiger partial charge in [0.1, 0.15) is 5.52 Å². The van der Waals surface area contributed by atoms with Crippen LogP contribution in [0.25, 0.3) is 11.0 Å². The number of benzene rings is 1. The van der Waals surface area contributed by atoms with Crippen molar-refractivity contribution < 1.29 is 9.59 Å². The molecule has 1 aromatic carbocycles. The molecule has 4 N–H and O–H groups in total. The van der Waals surface area contributed by atoms with Crippen molar-refractivity contribution in [3.8, 4) is 0 Å². The van der Waals surface area contributed by atoms with Gasteiger partial charge in [0.15, 0.2) is 5.82 Å². The van der Waals surface area contributed by atoms with E-state index in [0.29, 0.717) is 16.6 Å². The lowest BCUT2D eigenvalue weighted by atomic mass is 9.94. The number of likely N-dealkylation sites (tertiary alicyclic amines) is 1. The SMILES string of the molecule is CC(C)(C)CN1CCC(NC(=O)c2nc3c(C(N)=O)cccc3[nH]2)CC1. The van der Waals surface area contributed by atoms with E-state index in [-0.39, 0.29) is 23.2 Å². The summed E-state index contributed by atoms with van der Waals surface area (Å²) in [6.07, 6.45) is 1.85. The molecule has 0 bridgehead atoms. The highest BCUT2D eigenvalue weighted by Gasteiger charge is 2.25. The third-order valence-corrected chi connectivity index (χ3v) is 4.61. The molecule has 0 atom stereocenters. The van der Waals surface area contributed by atoms with Crippen LogP contribution in [0.3, 0.4) is 0 Å². The standard InChI is InChI=1S/C19H27N5O2/c1-19(2,3)11-24-9-7-12(8-10-24)21-18(26)17-22-14-6-4-5-13(16(20)25)15(14)23-17/h4-6,12H,7-11H2,1-3H3,(H2,20,25)(H,21,26)(H,22,23). The van der Waals surface area contributed by atoms with E-state index in [1.54, 1.807) is 18.2 Å². The third kappa shape index (κ3) is 4.22. The van der Waals surface area contributed by atoms with Crippen LogP contribution < -0.4 is 11.1 Å². The van der Waals surface area contributed by atoms with Crippen LogP contribution in [0.5, 0.6) is 0 Å². The predicted octanol–water partition coefficient (Wildman–Crippen LogP) is 1.90. The average Bonchev–Trinajstić information content (AvgIpc) is 2.99. The van der Waals surface area contributed by atoms with Gasteiger partial charge in [-0.1, -0.05) is 26.8 Å². The number of nitrogens with zero attached hydrogens (tertiary/aromatic N) is 2. The Morgan fingerprint density at radius 2 is 2.00 bits per heavy atom. The van der Waals surface area contributed by atoms with E-state index in [4.69, 9.17) is 5.73 Å². The van der Waals surface area contributed by atoms with E-state index in [1.807, 2.05) is 0 Å². The molecular formula is C19H27N5O2. The highest BCUT2D eigenvalue weighted by atomic mass is 16.2. The topological polar surface area (TPSA) is 104 Å². The summed E-state index contributed by atoms with van der Waals surface area (Å²) < 4.78 is 0. The zero-order valence-corrected chi connectivity index (χ0v) is 15.6. The largest absolute Gasteiger partial charge is 0.366 e. The Morgan fingerprint density at radius 3 is 2.62 bits per heavy atom. The van der Waals surface area contributed by atoms with Gasteiger partial charge in [-0.3, -0.25) is 9.59 Å². The van der Waals surface area contributed by atoms with E-state index in [9.17, 15) is 9.59 Å². The lowest BCUT2D eigenvalue weighted by molar-refractivity contribution is 0.0886. The number of imidazole rings is 1. The number of H-pyrrole nitrogens is 1. The molecule has 0 saturated carbocycles. The molecule has 2 amide bonds. The first kappa shape index (κ1) is 18.4. The zero-order valence-electron chi connectivity index (χ0n) is 15.6. The maximum absolute atomic E-state index is 12.5. The molecule has 0 spiro atoms. The van der Waals surface area contributed by atoms with Crippen LogP contribution in [0.1, 0.15) is 54.6 Å². The minimum atomic E-state index is -0.555. The number of amides is 2. The Labute approximate surface area is 153 Å². The normalized spacial score (nSPS) is 16.7. The molecule has 1 aliphatic rings. The first-order chi connectivity index (χ1) is 12.2. The van der Waals surface area contributed by atoms with E-state index in [2.05, 4.69) is 41.0 Å². The summed E-state index contributed by atoms with van der Waals surface area (Å²) >= 11 is 0.